The third-order valence-corrected chi connectivity index (χ3v) is 4.46. The number of rotatable bonds is 7. The number of Topliss-reactive ketones (excluding diaryl/α,β-unsaturated/α-hetero) is 1. The summed E-state index contributed by atoms with van der Waals surface area (Å²) in [6, 6.07) is 5.87. The highest BCUT2D eigenvalue weighted by Crippen LogP contribution is 2.37. The maximum absolute atomic E-state index is 12.7. The summed E-state index contributed by atoms with van der Waals surface area (Å²) in [6.45, 7) is 1.55. The molecule has 0 bridgehead atoms. The van der Waals surface area contributed by atoms with Crippen molar-refractivity contribution < 1.29 is 9.53 Å². The third kappa shape index (κ3) is 3.99. The van der Waals surface area contributed by atoms with Crippen LogP contribution in [0.4, 0.5) is 0 Å². The van der Waals surface area contributed by atoms with E-state index in [0.29, 0.717) is 23.4 Å². The van der Waals surface area contributed by atoms with Crippen molar-refractivity contribution in [2.24, 2.45) is 5.92 Å². The molecule has 0 heterocycles. The molecule has 0 atom stereocenters. The SMILES string of the molecule is [B]c1ccc2c(c1)C(OCCCN(C)C)=C(C(=O)C1CC1)C=CC2. The second-order valence-corrected chi connectivity index (χ2v) is 6.91. The van der Waals surface area contributed by atoms with Gasteiger partial charge in [-0.15, -0.1) is 0 Å². The minimum Gasteiger partial charge on any atom is -0.492 e. The average Bonchev–Trinajstić information content (AvgIpc) is 3.38. The van der Waals surface area contributed by atoms with Crippen LogP contribution in [0.2, 0.25) is 0 Å². The zero-order chi connectivity index (χ0) is 17.1. The van der Waals surface area contributed by atoms with E-state index in [9.17, 15) is 4.79 Å². The van der Waals surface area contributed by atoms with E-state index >= 15 is 0 Å². The predicted molar refractivity (Wildman–Crippen MR) is 98.4 cm³/mol. The first-order valence-electron chi connectivity index (χ1n) is 8.67. The largest absolute Gasteiger partial charge is 0.492 e. The maximum atomic E-state index is 12.7. The van der Waals surface area contributed by atoms with Crippen molar-refractivity contribution in [3.63, 3.8) is 0 Å². The fourth-order valence-electron chi connectivity index (χ4n) is 2.98. The summed E-state index contributed by atoms with van der Waals surface area (Å²) in [4.78, 5) is 14.9. The van der Waals surface area contributed by atoms with Gasteiger partial charge in [0.15, 0.2) is 5.78 Å². The Morgan fingerprint density at radius 1 is 1.33 bits per heavy atom. The molecule has 1 aromatic rings. The predicted octanol–water partition coefficient (Wildman–Crippen LogP) is 2.25. The fraction of sp³-hybridized carbons (Fsp3) is 0.450. The molecular formula is C20H24BNO2. The Kier molecular flexibility index (Phi) is 5.25. The molecule has 1 aromatic carbocycles. The van der Waals surface area contributed by atoms with Gasteiger partial charge >= 0.3 is 0 Å². The summed E-state index contributed by atoms with van der Waals surface area (Å²) in [7, 11) is 10.1. The second kappa shape index (κ2) is 7.39. The molecule has 0 spiro atoms. The summed E-state index contributed by atoms with van der Waals surface area (Å²) >= 11 is 0. The quantitative estimate of drug-likeness (QED) is 0.570. The van der Waals surface area contributed by atoms with Crippen molar-refractivity contribution in [3.05, 3.63) is 47.1 Å². The first kappa shape index (κ1) is 17.0. The number of allylic oxidation sites excluding steroid dienone is 3. The van der Waals surface area contributed by atoms with E-state index in [1.54, 1.807) is 0 Å². The van der Waals surface area contributed by atoms with E-state index < -0.39 is 0 Å². The lowest BCUT2D eigenvalue weighted by atomic mass is 9.90. The summed E-state index contributed by atoms with van der Waals surface area (Å²) in [5.41, 5.74) is 3.53. The van der Waals surface area contributed by atoms with Crippen LogP contribution in [0.3, 0.4) is 0 Å². The van der Waals surface area contributed by atoms with Gasteiger partial charge in [-0.2, -0.15) is 0 Å². The molecule has 3 rings (SSSR count). The highest BCUT2D eigenvalue weighted by atomic mass is 16.5. The molecule has 0 unspecified atom stereocenters. The Labute approximate surface area is 145 Å². The minimum atomic E-state index is 0.174. The normalized spacial score (nSPS) is 17.0. The van der Waals surface area contributed by atoms with Gasteiger partial charge < -0.3 is 9.64 Å². The molecule has 0 aliphatic heterocycles. The molecule has 1 fully saturated rings. The summed E-state index contributed by atoms with van der Waals surface area (Å²) in [6.07, 6.45) is 7.70. The van der Waals surface area contributed by atoms with Crippen LogP contribution in [-0.2, 0) is 16.0 Å². The van der Waals surface area contributed by atoms with Gasteiger partial charge in [0.25, 0.3) is 0 Å². The van der Waals surface area contributed by atoms with Crippen molar-refractivity contribution in [2.45, 2.75) is 25.7 Å². The summed E-state index contributed by atoms with van der Waals surface area (Å²) < 4.78 is 6.13. The molecule has 2 aliphatic carbocycles. The number of carbonyl (C=O) groups excluding carboxylic acids is 1. The molecule has 2 radical (unpaired) electrons. The number of hydrogen-bond acceptors (Lipinski definition) is 3. The molecule has 24 heavy (non-hydrogen) atoms. The minimum absolute atomic E-state index is 0.174. The number of carbonyl (C=O) groups is 1. The second-order valence-electron chi connectivity index (χ2n) is 6.91. The van der Waals surface area contributed by atoms with E-state index in [2.05, 4.69) is 11.0 Å². The van der Waals surface area contributed by atoms with E-state index in [1.165, 1.54) is 0 Å². The van der Waals surface area contributed by atoms with Crippen LogP contribution in [-0.4, -0.2) is 45.8 Å². The molecule has 0 saturated heterocycles. The summed E-state index contributed by atoms with van der Waals surface area (Å²) in [5.74, 6) is 1.10. The molecular weight excluding hydrogens is 297 g/mol. The lowest BCUT2D eigenvalue weighted by Gasteiger charge is -2.17. The van der Waals surface area contributed by atoms with Gasteiger partial charge in [0, 0.05) is 18.0 Å². The molecule has 0 amide bonds. The van der Waals surface area contributed by atoms with Crippen LogP contribution in [0.25, 0.3) is 5.76 Å². The van der Waals surface area contributed by atoms with Gasteiger partial charge in [0.2, 0.25) is 0 Å². The number of ether oxygens (including phenoxy) is 1. The molecule has 0 aromatic heterocycles. The van der Waals surface area contributed by atoms with E-state index in [0.717, 1.165) is 43.4 Å². The van der Waals surface area contributed by atoms with Crippen LogP contribution in [0.1, 0.15) is 30.4 Å². The van der Waals surface area contributed by atoms with Crippen LogP contribution in [0.15, 0.2) is 35.9 Å². The Balaban J connectivity index is 1.92. The van der Waals surface area contributed by atoms with Gasteiger partial charge in [0.05, 0.1) is 12.2 Å². The van der Waals surface area contributed by atoms with E-state index in [4.69, 9.17) is 12.6 Å². The molecule has 4 heteroatoms. The Bertz CT molecular complexity index is 687. The number of hydrogen-bond donors (Lipinski definition) is 0. The Morgan fingerprint density at radius 3 is 2.83 bits per heavy atom. The Morgan fingerprint density at radius 2 is 2.12 bits per heavy atom. The molecule has 0 N–H and O–H groups in total. The van der Waals surface area contributed by atoms with E-state index in [-0.39, 0.29) is 11.7 Å². The zero-order valence-corrected chi connectivity index (χ0v) is 14.5. The van der Waals surface area contributed by atoms with Gasteiger partial charge in [-0.25, -0.2) is 0 Å². The monoisotopic (exact) mass is 321 g/mol. The van der Waals surface area contributed by atoms with Crippen LogP contribution >= 0.6 is 0 Å². The maximum Gasteiger partial charge on any atom is 0.169 e. The van der Waals surface area contributed by atoms with Crippen molar-refractivity contribution in [2.75, 3.05) is 27.2 Å². The highest BCUT2D eigenvalue weighted by molar-refractivity contribution is 6.32. The van der Waals surface area contributed by atoms with Gasteiger partial charge in [-0.1, -0.05) is 35.8 Å². The molecule has 3 nitrogen and oxygen atoms in total. The van der Waals surface area contributed by atoms with Crippen molar-refractivity contribution in [1.82, 2.24) is 4.90 Å². The average molecular weight is 321 g/mol. The molecule has 2 aliphatic rings. The van der Waals surface area contributed by atoms with Crippen molar-refractivity contribution in [3.8, 4) is 0 Å². The number of fused-ring (bicyclic) bond motifs is 1. The lowest BCUT2D eigenvalue weighted by molar-refractivity contribution is -0.116. The van der Waals surface area contributed by atoms with Crippen molar-refractivity contribution in [1.29, 1.82) is 0 Å². The zero-order valence-electron chi connectivity index (χ0n) is 14.5. The number of nitrogens with zero attached hydrogens (tertiary/aromatic N) is 1. The van der Waals surface area contributed by atoms with Crippen molar-refractivity contribution >= 4 is 24.9 Å². The van der Waals surface area contributed by atoms with Gasteiger partial charge in [-0.3, -0.25) is 4.79 Å². The van der Waals surface area contributed by atoms with Gasteiger partial charge in [-0.05, 0) is 45.3 Å². The first-order valence-corrected chi connectivity index (χ1v) is 8.67. The van der Waals surface area contributed by atoms with Crippen LogP contribution < -0.4 is 5.46 Å². The van der Waals surface area contributed by atoms with Crippen LogP contribution in [0.5, 0.6) is 0 Å². The number of benzene rings is 1. The standard InChI is InChI=1S/C20H24BNO2/c1-22(2)11-4-12-24-20-17(19(23)15-7-8-15)6-3-5-14-9-10-16(21)13-18(14)20/h3,6,9-10,13,15H,4-5,7-8,11-12H2,1-2H3. The topological polar surface area (TPSA) is 29.5 Å². The first-order chi connectivity index (χ1) is 11.6. The smallest absolute Gasteiger partial charge is 0.169 e. The molecule has 1 saturated carbocycles. The number of ketones is 1. The molecule has 124 valence electrons. The lowest BCUT2D eigenvalue weighted by Crippen LogP contribution is -2.16. The Hall–Kier alpha value is -1.81. The fourth-order valence-corrected chi connectivity index (χ4v) is 2.98. The van der Waals surface area contributed by atoms with E-state index in [1.807, 2.05) is 38.4 Å². The third-order valence-electron chi connectivity index (χ3n) is 4.46. The van der Waals surface area contributed by atoms with Gasteiger partial charge in [0.1, 0.15) is 13.6 Å². The van der Waals surface area contributed by atoms with Crippen LogP contribution in [0, 0.1) is 5.92 Å². The summed E-state index contributed by atoms with van der Waals surface area (Å²) in [5, 5.41) is 0. The highest BCUT2D eigenvalue weighted by Gasteiger charge is 2.33.